The van der Waals surface area contributed by atoms with Crippen molar-refractivity contribution in [1.29, 1.82) is 0 Å². The molecular formula is C18H26N2O2S. The molecule has 2 atom stereocenters. The van der Waals surface area contributed by atoms with Crippen LogP contribution in [0.2, 0.25) is 0 Å². The van der Waals surface area contributed by atoms with Crippen molar-refractivity contribution in [1.82, 2.24) is 10.2 Å². The molecule has 5 heteroatoms. The average molecular weight is 334 g/mol. The Morgan fingerprint density at radius 1 is 1.35 bits per heavy atom. The maximum absolute atomic E-state index is 12.5. The van der Waals surface area contributed by atoms with Crippen LogP contribution in [0.15, 0.2) is 30.3 Å². The molecule has 1 aromatic carbocycles. The van der Waals surface area contributed by atoms with Crippen LogP contribution < -0.4 is 5.32 Å². The lowest BCUT2D eigenvalue weighted by Gasteiger charge is -2.33. The third-order valence-corrected chi connectivity index (χ3v) is 5.55. The summed E-state index contributed by atoms with van der Waals surface area (Å²) in [5.41, 5.74) is 1.28. The highest BCUT2D eigenvalue weighted by molar-refractivity contribution is 8.00. The first-order valence-electron chi connectivity index (χ1n) is 8.31. The number of hydrogen-bond acceptors (Lipinski definition) is 3. The van der Waals surface area contributed by atoms with Gasteiger partial charge in [0.25, 0.3) is 0 Å². The number of amides is 2. The molecule has 1 aromatic rings. The first-order valence-corrected chi connectivity index (χ1v) is 9.36. The van der Waals surface area contributed by atoms with Crippen LogP contribution in [0.4, 0.5) is 0 Å². The highest BCUT2D eigenvalue weighted by Gasteiger charge is 2.24. The Morgan fingerprint density at radius 3 is 2.74 bits per heavy atom. The summed E-state index contributed by atoms with van der Waals surface area (Å²) in [6.07, 6.45) is 2.92. The Labute approximate surface area is 143 Å². The smallest absolute Gasteiger partial charge is 0.232 e. The lowest BCUT2D eigenvalue weighted by Crippen LogP contribution is -2.49. The summed E-state index contributed by atoms with van der Waals surface area (Å²) in [5.74, 6) is 0.661. The minimum absolute atomic E-state index is 0.0196. The molecule has 4 nitrogen and oxygen atoms in total. The maximum Gasteiger partial charge on any atom is 0.232 e. The topological polar surface area (TPSA) is 49.4 Å². The molecule has 0 saturated carbocycles. The molecule has 0 bridgehead atoms. The number of nitrogens with zero attached hydrogens (tertiary/aromatic N) is 1. The molecule has 2 rings (SSSR count). The third kappa shape index (κ3) is 5.57. The van der Waals surface area contributed by atoms with E-state index in [9.17, 15) is 9.59 Å². The quantitative estimate of drug-likeness (QED) is 0.870. The molecule has 1 aliphatic heterocycles. The first kappa shape index (κ1) is 17.9. The Bertz CT molecular complexity index is 521. The van der Waals surface area contributed by atoms with E-state index in [0.29, 0.717) is 17.5 Å². The molecule has 0 aromatic heterocycles. The maximum atomic E-state index is 12.5. The molecule has 1 N–H and O–H groups in total. The SMILES string of the molecule is CC[C@@H](SCC(=O)N1CCC[C@@H](NC(C)=O)C1)c1ccccc1. The Kier molecular flexibility index (Phi) is 6.96. The number of benzene rings is 1. The van der Waals surface area contributed by atoms with E-state index in [2.05, 4.69) is 24.4 Å². The molecule has 0 unspecified atom stereocenters. The van der Waals surface area contributed by atoms with Crippen LogP contribution in [0.5, 0.6) is 0 Å². The summed E-state index contributed by atoms with van der Waals surface area (Å²) >= 11 is 1.71. The number of carbonyl (C=O) groups excluding carboxylic acids is 2. The number of nitrogens with one attached hydrogen (secondary N) is 1. The highest BCUT2D eigenvalue weighted by Crippen LogP contribution is 2.31. The molecule has 0 spiro atoms. The van der Waals surface area contributed by atoms with E-state index in [1.54, 1.807) is 11.8 Å². The largest absolute Gasteiger partial charge is 0.352 e. The van der Waals surface area contributed by atoms with Gasteiger partial charge >= 0.3 is 0 Å². The van der Waals surface area contributed by atoms with Gasteiger partial charge in [-0.3, -0.25) is 9.59 Å². The van der Waals surface area contributed by atoms with Crippen LogP contribution in [-0.2, 0) is 9.59 Å². The van der Waals surface area contributed by atoms with Gasteiger partial charge < -0.3 is 10.2 Å². The van der Waals surface area contributed by atoms with E-state index < -0.39 is 0 Å². The van der Waals surface area contributed by atoms with Gasteiger partial charge in [0.05, 0.1) is 5.75 Å². The Hall–Kier alpha value is -1.49. The normalized spacial score (nSPS) is 19.2. The summed E-state index contributed by atoms with van der Waals surface area (Å²) < 4.78 is 0. The number of carbonyl (C=O) groups is 2. The molecule has 1 heterocycles. The summed E-state index contributed by atoms with van der Waals surface area (Å²) in [4.78, 5) is 25.6. The molecule has 1 fully saturated rings. The van der Waals surface area contributed by atoms with Gasteiger partial charge in [-0.05, 0) is 24.8 Å². The Morgan fingerprint density at radius 2 is 2.09 bits per heavy atom. The summed E-state index contributed by atoms with van der Waals surface area (Å²) in [6.45, 7) is 5.13. The van der Waals surface area contributed by atoms with Crippen LogP contribution in [0, 0.1) is 0 Å². The van der Waals surface area contributed by atoms with E-state index in [1.165, 1.54) is 12.5 Å². The monoisotopic (exact) mass is 334 g/mol. The first-order chi connectivity index (χ1) is 11.1. The van der Waals surface area contributed by atoms with Crippen molar-refractivity contribution in [3.8, 4) is 0 Å². The minimum Gasteiger partial charge on any atom is -0.352 e. The minimum atomic E-state index is -0.0196. The number of likely N-dealkylation sites (tertiary alicyclic amines) is 1. The number of hydrogen-bond donors (Lipinski definition) is 1. The van der Waals surface area contributed by atoms with Gasteiger partial charge in [-0.2, -0.15) is 0 Å². The van der Waals surface area contributed by atoms with Crippen molar-refractivity contribution in [2.45, 2.75) is 44.4 Å². The van der Waals surface area contributed by atoms with Crippen LogP contribution in [0.3, 0.4) is 0 Å². The average Bonchev–Trinajstić information content (AvgIpc) is 2.56. The van der Waals surface area contributed by atoms with Crippen LogP contribution in [-0.4, -0.2) is 41.6 Å². The van der Waals surface area contributed by atoms with Gasteiger partial charge in [-0.15, -0.1) is 11.8 Å². The van der Waals surface area contributed by atoms with Crippen molar-refractivity contribution in [3.63, 3.8) is 0 Å². The van der Waals surface area contributed by atoms with Gasteiger partial charge in [0.15, 0.2) is 0 Å². The third-order valence-electron chi connectivity index (χ3n) is 4.13. The van der Waals surface area contributed by atoms with E-state index >= 15 is 0 Å². The van der Waals surface area contributed by atoms with Crippen LogP contribution in [0.1, 0.15) is 43.9 Å². The standard InChI is InChI=1S/C18H26N2O2S/c1-3-17(15-8-5-4-6-9-15)23-13-18(22)20-11-7-10-16(12-20)19-14(2)21/h4-6,8-9,16-17H,3,7,10-13H2,1-2H3,(H,19,21)/t16-,17-/m1/s1. The molecule has 126 valence electrons. The van der Waals surface area contributed by atoms with E-state index in [4.69, 9.17) is 0 Å². The van der Waals surface area contributed by atoms with Crippen LogP contribution in [0.25, 0.3) is 0 Å². The number of piperidine rings is 1. The molecule has 0 radical (unpaired) electrons. The second-order valence-corrected chi connectivity index (χ2v) is 7.19. The summed E-state index contributed by atoms with van der Waals surface area (Å²) in [6, 6.07) is 10.5. The predicted octanol–water partition coefficient (Wildman–Crippen LogP) is 3.00. The lowest BCUT2D eigenvalue weighted by molar-refractivity contribution is -0.130. The van der Waals surface area contributed by atoms with Gasteiger partial charge in [0, 0.05) is 31.3 Å². The fourth-order valence-electron chi connectivity index (χ4n) is 2.99. The van der Waals surface area contributed by atoms with Gasteiger partial charge in [0.1, 0.15) is 0 Å². The summed E-state index contributed by atoms with van der Waals surface area (Å²) in [7, 11) is 0. The second-order valence-electron chi connectivity index (χ2n) is 6.00. The fourth-order valence-corrected chi connectivity index (χ4v) is 4.10. The van der Waals surface area contributed by atoms with Crippen molar-refractivity contribution in [3.05, 3.63) is 35.9 Å². The molecule has 1 aliphatic rings. The van der Waals surface area contributed by atoms with Crippen molar-refractivity contribution < 1.29 is 9.59 Å². The highest BCUT2D eigenvalue weighted by atomic mass is 32.2. The molecule has 1 saturated heterocycles. The molecule has 23 heavy (non-hydrogen) atoms. The van der Waals surface area contributed by atoms with Crippen LogP contribution >= 0.6 is 11.8 Å². The van der Waals surface area contributed by atoms with Crippen molar-refractivity contribution in [2.75, 3.05) is 18.8 Å². The zero-order valence-corrected chi connectivity index (χ0v) is 14.8. The van der Waals surface area contributed by atoms with Crippen molar-refractivity contribution in [2.24, 2.45) is 0 Å². The van der Waals surface area contributed by atoms with E-state index in [-0.39, 0.29) is 17.9 Å². The Balaban J connectivity index is 1.85. The predicted molar refractivity (Wildman–Crippen MR) is 95.4 cm³/mol. The molecular weight excluding hydrogens is 308 g/mol. The fraction of sp³-hybridized carbons (Fsp3) is 0.556. The lowest BCUT2D eigenvalue weighted by atomic mass is 10.1. The molecule has 2 amide bonds. The second kappa shape index (κ2) is 8.96. The number of thioether (sulfide) groups is 1. The van der Waals surface area contributed by atoms with Gasteiger partial charge in [-0.1, -0.05) is 37.3 Å². The van der Waals surface area contributed by atoms with E-state index in [1.807, 2.05) is 23.1 Å². The zero-order valence-electron chi connectivity index (χ0n) is 14.0. The van der Waals surface area contributed by atoms with Crippen molar-refractivity contribution >= 4 is 23.6 Å². The molecule has 0 aliphatic carbocycles. The van der Waals surface area contributed by atoms with E-state index in [0.717, 1.165) is 25.8 Å². The number of rotatable bonds is 6. The summed E-state index contributed by atoms with van der Waals surface area (Å²) in [5, 5.41) is 3.29. The van der Waals surface area contributed by atoms with Gasteiger partial charge in [-0.25, -0.2) is 0 Å². The zero-order chi connectivity index (χ0) is 16.7. The van der Waals surface area contributed by atoms with Gasteiger partial charge in [0.2, 0.25) is 11.8 Å².